The van der Waals surface area contributed by atoms with E-state index < -0.39 is 0 Å². The molecule has 0 saturated carbocycles. The highest BCUT2D eigenvalue weighted by molar-refractivity contribution is 4.60. The van der Waals surface area contributed by atoms with Crippen LogP contribution in [0.5, 0.6) is 0 Å². The molecule has 2 heteroatoms. The van der Waals surface area contributed by atoms with Gasteiger partial charge in [-0.05, 0) is 45.2 Å². The van der Waals surface area contributed by atoms with Gasteiger partial charge in [0.25, 0.3) is 0 Å². The molecule has 0 aromatic rings. The molecule has 80 valence electrons. The van der Waals surface area contributed by atoms with Crippen molar-refractivity contribution in [3.63, 3.8) is 0 Å². The monoisotopic (exact) mass is 186 g/mol. The molecule has 0 aliphatic rings. The van der Waals surface area contributed by atoms with Crippen LogP contribution in [0.15, 0.2) is 0 Å². The summed E-state index contributed by atoms with van der Waals surface area (Å²) in [5, 5.41) is 3.44. The lowest BCUT2D eigenvalue weighted by atomic mass is 10.0. The summed E-state index contributed by atoms with van der Waals surface area (Å²) in [5.41, 5.74) is 5.68. The van der Waals surface area contributed by atoms with Gasteiger partial charge in [-0.1, -0.05) is 20.3 Å². The zero-order valence-corrected chi connectivity index (χ0v) is 9.47. The maximum atomic E-state index is 5.68. The molecule has 0 amide bonds. The van der Waals surface area contributed by atoms with Gasteiger partial charge in [-0.15, -0.1) is 0 Å². The Balaban J connectivity index is 3.15. The van der Waals surface area contributed by atoms with Crippen LogP contribution in [0.3, 0.4) is 0 Å². The Bertz CT molecular complexity index is 102. The first-order chi connectivity index (χ1) is 6.16. The molecule has 0 heterocycles. The van der Waals surface area contributed by atoms with E-state index in [2.05, 4.69) is 26.1 Å². The zero-order valence-electron chi connectivity index (χ0n) is 9.47. The molecule has 2 atom stereocenters. The molecule has 0 aromatic heterocycles. The van der Waals surface area contributed by atoms with Crippen LogP contribution in [-0.2, 0) is 0 Å². The normalized spacial score (nSPS) is 15.7. The SMILES string of the molecule is CCCNCC(C)CCCC(C)N. The third-order valence-electron chi connectivity index (χ3n) is 2.28. The standard InChI is InChI=1S/C11H26N2/c1-4-8-13-9-10(2)6-5-7-11(3)12/h10-11,13H,4-9,12H2,1-3H3. The number of hydrogen-bond donors (Lipinski definition) is 2. The fourth-order valence-corrected chi connectivity index (χ4v) is 1.42. The van der Waals surface area contributed by atoms with E-state index in [9.17, 15) is 0 Å². The Morgan fingerprint density at radius 3 is 2.46 bits per heavy atom. The summed E-state index contributed by atoms with van der Waals surface area (Å²) >= 11 is 0. The molecule has 0 saturated heterocycles. The molecule has 0 aromatic carbocycles. The van der Waals surface area contributed by atoms with Gasteiger partial charge in [0.2, 0.25) is 0 Å². The van der Waals surface area contributed by atoms with Crippen molar-refractivity contribution in [2.24, 2.45) is 11.7 Å². The van der Waals surface area contributed by atoms with Gasteiger partial charge in [0.15, 0.2) is 0 Å². The highest BCUT2D eigenvalue weighted by Gasteiger charge is 2.01. The molecule has 2 nitrogen and oxygen atoms in total. The average molecular weight is 186 g/mol. The Kier molecular flexibility index (Phi) is 8.46. The lowest BCUT2D eigenvalue weighted by molar-refractivity contribution is 0.449. The molecule has 0 fully saturated rings. The Morgan fingerprint density at radius 2 is 1.92 bits per heavy atom. The molecule has 0 aliphatic heterocycles. The van der Waals surface area contributed by atoms with Gasteiger partial charge >= 0.3 is 0 Å². The quantitative estimate of drug-likeness (QED) is 0.570. The third kappa shape index (κ3) is 9.84. The van der Waals surface area contributed by atoms with Crippen LogP contribution >= 0.6 is 0 Å². The highest BCUT2D eigenvalue weighted by atomic mass is 14.8. The van der Waals surface area contributed by atoms with Crippen molar-refractivity contribution in [1.82, 2.24) is 5.32 Å². The second-order valence-electron chi connectivity index (χ2n) is 4.22. The van der Waals surface area contributed by atoms with Gasteiger partial charge in [-0.2, -0.15) is 0 Å². The number of rotatable bonds is 8. The molecule has 0 spiro atoms. The van der Waals surface area contributed by atoms with Gasteiger partial charge in [-0.25, -0.2) is 0 Å². The first-order valence-electron chi connectivity index (χ1n) is 5.63. The summed E-state index contributed by atoms with van der Waals surface area (Å²) in [7, 11) is 0. The van der Waals surface area contributed by atoms with E-state index in [1.165, 1.54) is 19.3 Å². The molecule has 0 rings (SSSR count). The minimum Gasteiger partial charge on any atom is -0.328 e. The Labute approximate surface area is 83.3 Å². The fraction of sp³-hybridized carbons (Fsp3) is 1.00. The topological polar surface area (TPSA) is 38.0 Å². The summed E-state index contributed by atoms with van der Waals surface area (Å²) in [6.45, 7) is 8.90. The second-order valence-corrected chi connectivity index (χ2v) is 4.22. The number of nitrogens with two attached hydrogens (primary N) is 1. The van der Waals surface area contributed by atoms with Crippen molar-refractivity contribution in [3.8, 4) is 0 Å². The largest absolute Gasteiger partial charge is 0.328 e. The number of hydrogen-bond acceptors (Lipinski definition) is 2. The maximum Gasteiger partial charge on any atom is 0.00104 e. The minimum absolute atomic E-state index is 0.371. The van der Waals surface area contributed by atoms with E-state index in [4.69, 9.17) is 5.73 Å². The van der Waals surface area contributed by atoms with Crippen LogP contribution < -0.4 is 11.1 Å². The van der Waals surface area contributed by atoms with Crippen LogP contribution in [0.25, 0.3) is 0 Å². The van der Waals surface area contributed by atoms with Crippen molar-refractivity contribution >= 4 is 0 Å². The molecule has 2 unspecified atom stereocenters. The predicted molar refractivity (Wildman–Crippen MR) is 59.8 cm³/mol. The molecule has 0 aliphatic carbocycles. The van der Waals surface area contributed by atoms with Crippen molar-refractivity contribution in [1.29, 1.82) is 0 Å². The first kappa shape index (κ1) is 12.9. The highest BCUT2D eigenvalue weighted by Crippen LogP contribution is 2.07. The minimum atomic E-state index is 0.371. The van der Waals surface area contributed by atoms with Gasteiger partial charge in [-0.3, -0.25) is 0 Å². The summed E-state index contributed by atoms with van der Waals surface area (Å²) in [6.07, 6.45) is 4.97. The van der Waals surface area contributed by atoms with Gasteiger partial charge in [0, 0.05) is 6.04 Å². The van der Waals surface area contributed by atoms with Gasteiger partial charge in [0.05, 0.1) is 0 Å². The molecule has 3 N–H and O–H groups in total. The number of nitrogens with one attached hydrogen (secondary N) is 1. The molecule has 0 radical (unpaired) electrons. The van der Waals surface area contributed by atoms with Crippen LogP contribution in [0.1, 0.15) is 46.5 Å². The third-order valence-corrected chi connectivity index (χ3v) is 2.28. The summed E-state index contributed by atoms with van der Waals surface area (Å²) < 4.78 is 0. The molecule has 0 bridgehead atoms. The smallest absolute Gasteiger partial charge is 0.00104 e. The van der Waals surface area contributed by atoms with Gasteiger partial charge in [0.1, 0.15) is 0 Å². The lowest BCUT2D eigenvalue weighted by Gasteiger charge is -2.12. The van der Waals surface area contributed by atoms with Gasteiger partial charge < -0.3 is 11.1 Å². The average Bonchev–Trinajstić information content (AvgIpc) is 2.04. The second kappa shape index (κ2) is 8.52. The molecular weight excluding hydrogens is 160 g/mol. The van der Waals surface area contributed by atoms with Crippen molar-refractivity contribution < 1.29 is 0 Å². The van der Waals surface area contributed by atoms with E-state index in [-0.39, 0.29) is 0 Å². The predicted octanol–water partition coefficient (Wildman–Crippen LogP) is 2.14. The Morgan fingerprint density at radius 1 is 1.23 bits per heavy atom. The summed E-state index contributed by atoms with van der Waals surface area (Å²) in [6, 6.07) is 0.371. The van der Waals surface area contributed by atoms with E-state index in [0.29, 0.717) is 6.04 Å². The molecule has 13 heavy (non-hydrogen) atoms. The van der Waals surface area contributed by atoms with Crippen molar-refractivity contribution in [2.75, 3.05) is 13.1 Å². The van der Waals surface area contributed by atoms with Crippen LogP contribution in [0, 0.1) is 5.92 Å². The van der Waals surface area contributed by atoms with Crippen molar-refractivity contribution in [2.45, 2.75) is 52.5 Å². The summed E-state index contributed by atoms with van der Waals surface area (Å²) in [4.78, 5) is 0. The zero-order chi connectivity index (χ0) is 10.1. The van der Waals surface area contributed by atoms with E-state index in [1.54, 1.807) is 0 Å². The van der Waals surface area contributed by atoms with Crippen molar-refractivity contribution in [3.05, 3.63) is 0 Å². The fourth-order valence-electron chi connectivity index (χ4n) is 1.42. The van der Waals surface area contributed by atoms with E-state index in [1.807, 2.05) is 0 Å². The van der Waals surface area contributed by atoms with E-state index in [0.717, 1.165) is 25.4 Å². The Hall–Kier alpha value is -0.0800. The van der Waals surface area contributed by atoms with E-state index >= 15 is 0 Å². The van der Waals surface area contributed by atoms with Crippen LogP contribution in [0.4, 0.5) is 0 Å². The van der Waals surface area contributed by atoms with Crippen LogP contribution in [0.2, 0.25) is 0 Å². The molecular formula is C11H26N2. The summed E-state index contributed by atoms with van der Waals surface area (Å²) in [5.74, 6) is 0.797. The maximum absolute atomic E-state index is 5.68. The first-order valence-corrected chi connectivity index (χ1v) is 5.63. The lowest BCUT2D eigenvalue weighted by Crippen LogP contribution is -2.22. The van der Waals surface area contributed by atoms with Crippen LogP contribution in [-0.4, -0.2) is 19.1 Å².